The van der Waals surface area contributed by atoms with Crippen molar-refractivity contribution in [1.29, 1.82) is 0 Å². The number of fused-ring (bicyclic) bond motifs is 1. The van der Waals surface area contributed by atoms with Gasteiger partial charge < -0.3 is 14.8 Å². The fourth-order valence-corrected chi connectivity index (χ4v) is 2.71. The van der Waals surface area contributed by atoms with Crippen LogP contribution in [0.5, 0.6) is 11.5 Å². The second-order valence-corrected chi connectivity index (χ2v) is 6.09. The van der Waals surface area contributed by atoms with Crippen molar-refractivity contribution in [2.45, 2.75) is 0 Å². The molecule has 1 amide bonds. The van der Waals surface area contributed by atoms with Gasteiger partial charge in [-0.2, -0.15) is 0 Å². The zero-order valence-corrected chi connectivity index (χ0v) is 15.0. The molecule has 0 saturated carbocycles. The molecule has 0 bridgehead atoms. The number of carbonyl (C=O) groups is 1. The van der Waals surface area contributed by atoms with E-state index in [0.717, 1.165) is 16.9 Å². The van der Waals surface area contributed by atoms with Gasteiger partial charge >= 0.3 is 0 Å². The van der Waals surface area contributed by atoms with E-state index in [1.165, 1.54) is 31.4 Å². The Bertz CT molecular complexity index is 969. The third kappa shape index (κ3) is 4.45. The molecule has 8 heteroatoms. The number of nitro benzene ring substituents is 1. The summed E-state index contributed by atoms with van der Waals surface area (Å²) in [7, 11) is 1.42. The van der Waals surface area contributed by atoms with Gasteiger partial charge in [0.1, 0.15) is 18.1 Å². The van der Waals surface area contributed by atoms with Gasteiger partial charge in [0.15, 0.2) is 0 Å². The number of nitrogens with one attached hydrogen (secondary N) is 1. The van der Waals surface area contributed by atoms with Crippen molar-refractivity contribution in [2.75, 3.05) is 19.0 Å². The van der Waals surface area contributed by atoms with E-state index < -0.39 is 10.8 Å². The second-order valence-electron chi connectivity index (χ2n) is 5.65. The number of amides is 1. The Morgan fingerprint density at radius 2 is 2.15 bits per heavy atom. The molecule has 1 N–H and O–H groups in total. The molecule has 1 aliphatic rings. The van der Waals surface area contributed by atoms with Crippen molar-refractivity contribution in [1.82, 2.24) is 0 Å². The van der Waals surface area contributed by atoms with E-state index >= 15 is 0 Å². The van der Waals surface area contributed by atoms with E-state index in [1.54, 1.807) is 24.3 Å². The molecule has 7 nitrogen and oxygen atoms in total. The summed E-state index contributed by atoms with van der Waals surface area (Å²) < 4.78 is 10.7. The van der Waals surface area contributed by atoms with Gasteiger partial charge in [0, 0.05) is 28.8 Å². The van der Waals surface area contributed by atoms with E-state index in [1.807, 2.05) is 6.08 Å². The number of halogens is 1. The third-order valence-corrected chi connectivity index (χ3v) is 4.04. The first-order chi connectivity index (χ1) is 13.0. The summed E-state index contributed by atoms with van der Waals surface area (Å²) in [5, 5.41) is 14.1. The number of hydrogen-bond acceptors (Lipinski definition) is 5. The van der Waals surface area contributed by atoms with Crippen LogP contribution in [-0.4, -0.2) is 24.5 Å². The highest BCUT2D eigenvalue weighted by atomic mass is 35.5. The van der Waals surface area contributed by atoms with Crippen molar-refractivity contribution in [3.05, 3.63) is 74.8 Å². The molecule has 3 rings (SSSR count). The highest BCUT2D eigenvalue weighted by molar-refractivity contribution is 6.30. The van der Waals surface area contributed by atoms with Crippen LogP contribution >= 0.6 is 11.6 Å². The van der Waals surface area contributed by atoms with E-state index in [-0.39, 0.29) is 11.4 Å². The van der Waals surface area contributed by atoms with Gasteiger partial charge in [-0.15, -0.1) is 0 Å². The van der Waals surface area contributed by atoms with Gasteiger partial charge in [-0.25, -0.2) is 0 Å². The van der Waals surface area contributed by atoms with Crippen molar-refractivity contribution < 1.29 is 19.2 Å². The molecule has 0 fully saturated rings. The fraction of sp³-hybridized carbons (Fsp3) is 0.105. The average Bonchev–Trinajstić information content (AvgIpc) is 2.65. The molecule has 1 aliphatic heterocycles. The summed E-state index contributed by atoms with van der Waals surface area (Å²) in [6.45, 7) is 0.318. The van der Waals surface area contributed by atoms with Crippen molar-refractivity contribution in [2.24, 2.45) is 0 Å². The lowest BCUT2D eigenvalue weighted by Crippen LogP contribution is -2.10. The number of nitrogens with zero attached hydrogens (tertiary/aromatic N) is 1. The minimum Gasteiger partial charge on any atom is -0.495 e. The third-order valence-electron chi connectivity index (χ3n) is 3.81. The lowest BCUT2D eigenvalue weighted by atomic mass is 10.1. The van der Waals surface area contributed by atoms with E-state index in [2.05, 4.69) is 5.32 Å². The molecule has 0 saturated heterocycles. The zero-order valence-electron chi connectivity index (χ0n) is 14.3. The predicted molar refractivity (Wildman–Crippen MR) is 102 cm³/mol. The van der Waals surface area contributed by atoms with Crippen LogP contribution in [0.2, 0.25) is 5.02 Å². The lowest BCUT2D eigenvalue weighted by molar-refractivity contribution is -0.384. The summed E-state index contributed by atoms with van der Waals surface area (Å²) in [5.74, 6) is 0.597. The van der Waals surface area contributed by atoms with Gasteiger partial charge in [-0.3, -0.25) is 14.9 Å². The number of ether oxygens (including phenoxy) is 2. The highest BCUT2D eigenvalue weighted by Gasteiger charge is 2.13. The first-order valence-electron chi connectivity index (χ1n) is 7.90. The number of nitro groups is 1. The summed E-state index contributed by atoms with van der Waals surface area (Å²) >= 11 is 5.98. The second kappa shape index (κ2) is 7.92. The van der Waals surface area contributed by atoms with Crippen LogP contribution in [0.25, 0.3) is 6.08 Å². The van der Waals surface area contributed by atoms with Gasteiger partial charge in [0.2, 0.25) is 5.91 Å². The molecule has 0 aromatic heterocycles. The van der Waals surface area contributed by atoms with Gasteiger partial charge in [0.25, 0.3) is 5.69 Å². The summed E-state index contributed by atoms with van der Waals surface area (Å²) in [4.78, 5) is 22.6. The topological polar surface area (TPSA) is 90.7 Å². The maximum atomic E-state index is 12.2. The molecule has 0 aliphatic carbocycles. The smallest absolute Gasteiger partial charge is 0.271 e. The normalized spacial score (nSPS) is 12.7. The Morgan fingerprint density at radius 1 is 1.33 bits per heavy atom. The molecule has 0 atom stereocenters. The SMILES string of the molecule is COc1ccc([N+](=O)[O-])cc1NC(=O)/C=C/C1=Cc2cc(Cl)ccc2OC1. The van der Waals surface area contributed by atoms with Gasteiger partial charge in [0.05, 0.1) is 17.7 Å². The van der Waals surface area contributed by atoms with Gasteiger partial charge in [-0.1, -0.05) is 17.7 Å². The van der Waals surface area contributed by atoms with Crippen molar-refractivity contribution in [3.8, 4) is 11.5 Å². The molecule has 0 spiro atoms. The molecule has 0 unspecified atom stereocenters. The average molecular weight is 387 g/mol. The number of benzene rings is 2. The minimum atomic E-state index is -0.544. The Hall–Kier alpha value is -3.32. The molecule has 2 aromatic carbocycles. The van der Waals surface area contributed by atoms with E-state index in [4.69, 9.17) is 21.1 Å². The van der Waals surface area contributed by atoms with Gasteiger partial charge in [-0.05, 0) is 35.9 Å². The number of rotatable bonds is 5. The number of non-ortho nitro benzene ring substituents is 1. The Labute approximate surface area is 160 Å². The summed E-state index contributed by atoms with van der Waals surface area (Å²) in [6, 6.07) is 9.28. The molecule has 138 valence electrons. The number of anilines is 1. The Morgan fingerprint density at radius 3 is 2.89 bits per heavy atom. The predicted octanol–water partition coefficient (Wildman–Crippen LogP) is 4.23. The van der Waals surface area contributed by atoms with Crippen LogP contribution in [0.3, 0.4) is 0 Å². The maximum absolute atomic E-state index is 12.2. The first-order valence-corrected chi connectivity index (χ1v) is 8.28. The summed E-state index contributed by atoms with van der Waals surface area (Å²) in [5.41, 5.74) is 1.68. The fourth-order valence-electron chi connectivity index (χ4n) is 2.53. The monoisotopic (exact) mass is 386 g/mol. The van der Waals surface area contributed by atoms with Crippen LogP contribution in [0.4, 0.5) is 11.4 Å². The summed E-state index contributed by atoms with van der Waals surface area (Å²) in [6.07, 6.45) is 4.81. The zero-order chi connectivity index (χ0) is 19.4. The van der Waals surface area contributed by atoms with Crippen LogP contribution in [0, 0.1) is 10.1 Å². The largest absolute Gasteiger partial charge is 0.495 e. The highest BCUT2D eigenvalue weighted by Crippen LogP contribution is 2.30. The molecule has 2 aromatic rings. The first kappa shape index (κ1) is 18.5. The minimum absolute atomic E-state index is 0.146. The molecule has 1 heterocycles. The quantitative estimate of drug-likeness (QED) is 0.471. The molecular weight excluding hydrogens is 372 g/mol. The van der Waals surface area contributed by atoms with Crippen LogP contribution < -0.4 is 14.8 Å². The van der Waals surface area contributed by atoms with Crippen molar-refractivity contribution >= 4 is 35.0 Å². The number of hydrogen-bond donors (Lipinski definition) is 1. The van der Waals surface area contributed by atoms with E-state index in [0.29, 0.717) is 17.4 Å². The maximum Gasteiger partial charge on any atom is 0.271 e. The molecular formula is C19H15ClN2O5. The molecule has 27 heavy (non-hydrogen) atoms. The van der Waals surface area contributed by atoms with Crippen LogP contribution in [-0.2, 0) is 4.79 Å². The number of methoxy groups -OCH3 is 1. The number of carbonyl (C=O) groups excluding carboxylic acids is 1. The Kier molecular flexibility index (Phi) is 5.42. The van der Waals surface area contributed by atoms with Crippen molar-refractivity contribution in [3.63, 3.8) is 0 Å². The lowest BCUT2D eigenvalue weighted by Gasteiger charge is -2.16. The van der Waals surface area contributed by atoms with Crippen LogP contribution in [0.1, 0.15) is 5.56 Å². The van der Waals surface area contributed by atoms with Crippen LogP contribution in [0.15, 0.2) is 54.1 Å². The van der Waals surface area contributed by atoms with E-state index in [9.17, 15) is 14.9 Å². The Balaban J connectivity index is 1.75. The molecule has 0 radical (unpaired) electrons. The standard InChI is InChI=1S/C19H15ClN2O5/c1-26-18-6-4-15(22(24)25)10-16(18)21-19(23)7-2-12-8-13-9-14(20)3-5-17(13)27-11-12/h2-10H,11H2,1H3,(H,21,23)/b7-2+.